The van der Waals surface area contributed by atoms with Gasteiger partial charge in [0.1, 0.15) is 11.6 Å². The molecule has 8 aromatic rings. The van der Waals surface area contributed by atoms with Gasteiger partial charge in [0.2, 0.25) is 0 Å². The summed E-state index contributed by atoms with van der Waals surface area (Å²) >= 11 is 0. The molecule has 0 unspecified atom stereocenters. The number of phenolic OH excluding ortho intramolecular Hbond substituents is 1. The van der Waals surface area contributed by atoms with Crippen LogP contribution in [0.1, 0.15) is 119 Å². The second-order valence-electron chi connectivity index (χ2n) is 17.6. The van der Waals surface area contributed by atoms with Crippen LogP contribution in [0, 0.1) is 6.92 Å². The van der Waals surface area contributed by atoms with Crippen LogP contribution in [-0.2, 0) is 5.41 Å². The minimum absolute atomic E-state index is 0.0108. The van der Waals surface area contributed by atoms with Gasteiger partial charge in [-0.3, -0.25) is 9.55 Å². The van der Waals surface area contributed by atoms with Crippen molar-refractivity contribution in [1.29, 1.82) is 0 Å². The molecule has 0 aliphatic carbocycles. The van der Waals surface area contributed by atoms with Crippen molar-refractivity contribution < 1.29 is 16.1 Å². The highest BCUT2D eigenvalue weighted by molar-refractivity contribution is 5.98. The Kier molecular flexibility index (Phi) is 8.47. The van der Waals surface area contributed by atoms with E-state index in [1.54, 1.807) is 0 Å². The van der Waals surface area contributed by atoms with E-state index in [4.69, 9.17) is 14.6 Å². The van der Waals surface area contributed by atoms with Gasteiger partial charge in [-0.15, -0.1) is 0 Å². The second-order valence-corrected chi connectivity index (χ2v) is 17.6. The van der Waals surface area contributed by atoms with Gasteiger partial charge in [-0.25, -0.2) is 4.98 Å². The quantitative estimate of drug-likeness (QED) is 0.158. The first-order valence-electron chi connectivity index (χ1n) is 24.7. The number of nitrogens with zero attached hydrogens (tertiary/aromatic N) is 3. The molecule has 0 saturated carbocycles. The van der Waals surface area contributed by atoms with E-state index < -0.39 is 23.5 Å². The molecule has 0 bridgehead atoms. The summed E-state index contributed by atoms with van der Waals surface area (Å²) < 4.78 is 73.2. The van der Waals surface area contributed by atoms with Crippen LogP contribution in [0.3, 0.4) is 0 Å². The van der Waals surface area contributed by atoms with Crippen LogP contribution in [0.15, 0.2) is 139 Å². The Morgan fingerprint density at radius 3 is 2.05 bits per heavy atom. The third-order valence-electron chi connectivity index (χ3n) is 11.3. The van der Waals surface area contributed by atoms with E-state index in [1.807, 2.05) is 80.6 Å². The monoisotopic (exact) mass is 796 g/mol. The lowest BCUT2D eigenvalue weighted by atomic mass is 9.83. The number of benzene rings is 6. The molecule has 0 aliphatic rings. The molecular formula is C56H57N3O. The molecule has 6 aromatic carbocycles. The summed E-state index contributed by atoms with van der Waals surface area (Å²) in [5.41, 5.74) is 9.53. The van der Waals surface area contributed by atoms with Gasteiger partial charge in [0.15, 0.2) is 0 Å². The van der Waals surface area contributed by atoms with E-state index in [-0.39, 0.29) is 70.2 Å². The van der Waals surface area contributed by atoms with Crippen LogP contribution in [0.5, 0.6) is 5.75 Å². The third-order valence-corrected chi connectivity index (χ3v) is 11.3. The minimum atomic E-state index is -0.889. The fourth-order valence-electron chi connectivity index (χ4n) is 7.70. The maximum absolute atomic E-state index is 12.3. The zero-order chi connectivity index (χ0) is 49.5. The molecule has 0 saturated heterocycles. The van der Waals surface area contributed by atoms with Crippen molar-refractivity contribution in [3.63, 3.8) is 0 Å². The standard InChI is InChI=1S/C56H57N3O/c1-34(2)40-23-24-51(48(30-40)39-15-12-11-13-16-39)59-52-18-14-17-46(53(52)58-55(59)49-32-42(35(3)4)31-47(36(5)6)54(49)60)43-27-44(29-45(28-43)56(8,9)10)50-33-41(25-26-57-50)38-21-19-37(7)20-22-38/h11-36,60H,1-10H3/i19D,20D,21D,22D,25D,26D,33D,34D. The zero-order valence-electron chi connectivity index (χ0n) is 44.2. The van der Waals surface area contributed by atoms with E-state index in [9.17, 15) is 6.48 Å². The molecule has 8 rings (SSSR count). The number of imidazole rings is 1. The highest BCUT2D eigenvalue weighted by Gasteiger charge is 2.26. The van der Waals surface area contributed by atoms with Gasteiger partial charge in [0.25, 0.3) is 0 Å². The molecule has 4 heteroatoms. The molecule has 0 fully saturated rings. The highest BCUT2D eigenvalue weighted by Crippen LogP contribution is 2.44. The summed E-state index contributed by atoms with van der Waals surface area (Å²) in [6.07, 6.45) is -0.463. The number of phenols is 1. The number of pyridine rings is 1. The van der Waals surface area contributed by atoms with Crippen molar-refractivity contribution in [2.45, 2.75) is 92.4 Å². The van der Waals surface area contributed by atoms with Crippen LogP contribution in [0.2, 0.25) is 0 Å². The molecule has 60 heavy (non-hydrogen) atoms. The zero-order valence-corrected chi connectivity index (χ0v) is 36.2. The van der Waals surface area contributed by atoms with Crippen molar-refractivity contribution in [2.24, 2.45) is 0 Å². The summed E-state index contributed by atoms with van der Waals surface area (Å²) in [6, 6.07) is 30.1. The van der Waals surface area contributed by atoms with Gasteiger partial charge in [0.05, 0.1) is 37.6 Å². The van der Waals surface area contributed by atoms with E-state index >= 15 is 0 Å². The Balaban J connectivity index is 1.48. The van der Waals surface area contributed by atoms with Gasteiger partial charge in [-0.2, -0.15) is 0 Å². The molecule has 2 aromatic heterocycles. The van der Waals surface area contributed by atoms with Crippen LogP contribution in [0.25, 0.3) is 72.7 Å². The number of para-hydroxylation sites is 1. The Bertz CT molecular complexity index is 3280. The molecule has 0 amide bonds. The Morgan fingerprint density at radius 1 is 0.650 bits per heavy atom. The lowest BCUT2D eigenvalue weighted by Gasteiger charge is -2.22. The summed E-state index contributed by atoms with van der Waals surface area (Å²) in [5, 5.41) is 12.3. The van der Waals surface area contributed by atoms with Gasteiger partial charge in [0, 0.05) is 24.2 Å². The van der Waals surface area contributed by atoms with Gasteiger partial charge < -0.3 is 5.11 Å². The van der Waals surface area contributed by atoms with E-state index in [0.29, 0.717) is 22.5 Å². The molecule has 0 radical (unpaired) electrons. The van der Waals surface area contributed by atoms with Crippen LogP contribution in [-0.4, -0.2) is 19.6 Å². The van der Waals surface area contributed by atoms with Gasteiger partial charge in [-0.1, -0.05) is 153 Å². The molecule has 0 aliphatic heterocycles. The molecule has 1 N–H and O–H groups in total. The van der Waals surface area contributed by atoms with Gasteiger partial charge in [-0.05, 0) is 123 Å². The summed E-state index contributed by atoms with van der Waals surface area (Å²) in [6.45, 7) is 19.9. The number of hydrogen-bond acceptors (Lipinski definition) is 3. The van der Waals surface area contributed by atoms with Crippen molar-refractivity contribution in [3.8, 4) is 67.5 Å². The molecular weight excluding hydrogens is 731 g/mol. The summed E-state index contributed by atoms with van der Waals surface area (Å²) in [5.74, 6) is -0.0552. The maximum atomic E-state index is 12.3. The van der Waals surface area contributed by atoms with E-state index in [1.165, 1.54) is 6.92 Å². The number of fused-ring (bicyclic) bond motifs is 1. The number of hydrogen-bond donors (Lipinski definition) is 1. The first-order chi connectivity index (χ1) is 31.9. The van der Waals surface area contributed by atoms with Crippen molar-refractivity contribution in [1.82, 2.24) is 14.5 Å². The SMILES string of the molecule is [2H]c1nc(-c2cc(-c3cccc4c3nc(-c3cc(C(C)C)cc(C(C)C)c3O)n4-c3ccc(C([2H])(C)C)cc3-c3ccccc3)cc(C(C)(C)C)c2)c([2H])c(-c2c([2H])c([2H])c(C)c([2H])c2[2H])c1[2H]. The van der Waals surface area contributed by atoms with Crippen molar-refractivity contribution in [2.75, 3.05) is 0 Å². The Hall–Kier alpha value is -6.26. The average molecular weight is 796 g/mol. The largest absolute Gasteiger partial charge is 0.507 e. The van der Waals surface area contributed by atoms with Crippen molar-refractivity contribution >= 4 is 11.0 Å². The second kappa shape index (κ2) is 16.1. The number of aromatic hydroxyl groups is 1. The predicted molar refractivity (Wildman–Crippen MR) is 253 cm³/mol. The summed E-state index contributed by atoms with van der Waals surface area (Å²) in [7, 11) is 0. The Labute approximate surface area is 367 Å². The van der Waals surface area contributed by atoms with Crippen LogP contribution in [0.4, 0.5) is 0 Å². The first kappa shape index (κ1) is 31.6. The lowest BCUT2D eigenvalue weighted by molar-refractivity contribution is 0.466. The molecule has 302 valence electrons. The smallest absolute Gasteiger partial charge is 0.149 e. The molecule has 4 nitrogen and oxygen atoms in total. The normalized spacial score (nSPS) is 14.1. The first-order valence-corrected chi connectivity index (χ1v) is 20.7. The topological polar surface area (TPSA) is 50.9 Å². The van der Waals surface area contributed by atoms with E-state index in [2.05, 4.69) is 88.3 Å². The maximum Gasteiger partial charge on any atom is 0.149 e. The number of aromatic nitrogens is 3. The minimum Gasteiger partial charge on any atom is -0.507 e. The number of rotatable bonds is 9. The van der Waals surface area contributed by atoms with Gasteiger partial charge >= 0.3 is 0 Å². The summed E-state index contributed by atoms with van der Waals surface area (Å²) in [4.78, 5) is 10.0. The third kappa shape index (κ3) is 7.79. The van der Waals surface area contributed by atoms with Crippen molar-refractivity contribution in [3.05, 3.63) is 167 Å². The average Bonchev–Trinajstić information content (AvgIpc) is 3.68. The molecule has 2 heterocycles. The van der Waals surface area contributed by atoms with Crippen LogP contribution < -0.4 is 0 Å². The molecule has 0 spiro atoms. The lowest BCUT2D eigenvalue weighted by Crippen LogP contribution is -2.11. The highest BCUT2D eigenvalue weighted by atomic mass is 16.3. The van der Waals surface area contributed by atoms with E-state index in [0.717, 1.165) is 55.7 Å². The molecule has 0 atom stereocenters. The fraction of sp³-hybridized carbons (Fsp3) is 0.250. The van der Waals surface area contributed by atoms with Crippen LogP contribution >= 0.6 is 0 Å². The predicted octanol–water partition coefficient (Wildman–Crippen LogP) is 15.4. The fourth-order valence-corrected chi connectivity index (χ4v) is 7.70. The Morgan fingerprint density at radius 2 is 1.37 bits per heavy atom.